The highest BCUT2D eigenvalue weighted by Gasteiger charge is 2.46. The number of aliphatic hydroxyl groups is 2. The van der Waals surface area contributed by atoms with Crippen molar-refractivity contribution in [2.45, 2.75) is 57.7 Å². The molecule has 0 aliphatic heterocycles. The van der Waals surface area contributed by atoms with Crippen LogP contribution in [-0.2, 0) is 0 Å². The van der Waals surface area contributed by atoms with Crippen molar-refractivity contribution in [3.05, 3.63) is 11.6 Å². The Morgan fingerprint density at radius 2 is 2.08 bits per heavy atom. The Balaban J connectivity index is 2.50. The van der Waals surface area contributed by atoms with Gasteiger partial charge in [0.25, 0.3) is 0 Å². The minimum absolute atomic E-state index is 0.635. The Morgan fingerprint density at radius 1 is 1.54 bits per heavy atom. The number of hydrogen-bond acceptors (Lipinski definition) is 2. The number of rotatable bonds is 4. The van der Waals surface area contributed by atoms with E-state index in [1.165, 1.54) is 18.4 Å². The van der Waals surface area contributed by atoms with Crippen molar-refractivity contribution < 1.29 is 10.2 Å². The SMILES string of the molecule is CCCCC1=CC(O)(C(C)(C)O)C1. The summed E-state index contributed by atoms with van der Waals surface area (Å²) in [5.74, 6) is 0. The summed E-state index contributed by atoms with van der Waals surface area (Å²) in [4.78, 5) is 0. The Morgan fingerprint density at radius 3 is 2.46 bits per heavy atom. The van der Waals surface area contributed by atoms with Crippen LogP contribution >= 0.6 is 0 Å². The minimum atomic E-state index is -1.01. The van der Waals surface area contributed by atoms with Gasteiger partial charge in [0.2, 0.25) is 0 Å². The zero-order chi connectivity index (χ0) is 10.1. The number of unbranched alkanes of at least 4 members (excludes halogenated alkanes) is 1. The molecule has 1 rings (SSSR count). The molecule has 0 aromatic carbocycles. The summed E-state index contributed by atoms with van der Waals surface area (Å²) in [6.45, 7) is 5.46. The van der Waals surface area contributed by atoms with E-state index in [9.17, 15) is 10.2 Å². The first kappa shape index (κ1) is 10.7. The molecule has 1 unspecified atom stereocenters. The van der Waals surface area contributed by atoms with Crippen LogP contribution in [0.15, 0.2) is 11.6 Å². The third kappa shape index (κ3) is 2.12. The van der Waals surface area contributed by atoms with Crippen LogP contribution in [0.25, 0.3) is 0 Å². The first-order valence-corrected chi connectivity index (χ1v) is 5.04. The Kier molecular flexibility index (Phi) is 2.83. The molecule has 1 aliphatic carbocycles. The molecule has 2 N–H and O–H groups in total. The fourth-order valence-corrected chi connectivity index (χ4v) is 1.61. The van der Waals surface area contributed by atoms with Gasteiger partial charge in [0, 0.05) is 6.42 Å². The van der Waals surface area contributed by atoms with Gasteiger partial charge in [-0.15, -0.1) is 0 Å². The van der Waals surface area contributed by atoms with E-state index in [1.807, 2.05) is 6.08 Å². The highest BCUT2D eigenvalue weighted by Crippen LogP contribution is 2.40. The monoisotopic (exact) mass is 184 g/mol. The van der Waals surface area contributed by atoms with Gasteiger partial charge in [0.15, 0.2) is 0 Å². The molecule has 0 aromatic rings. The third-order valence-corrected chi connectivity index (χ3v) is 2.85. The normalized spacial score (nSPS) is 28.2. The van der Waals surface area contributed by atoms with E-state index in [0.717, 1.165) is 6.42 Å². The van der Waals surface area contributed by atoms with Gasteiger partial charge in [-0.3, -0.25) is 0 Å². The van der Waals surface area contributed by atoms with Gasteiger partial charge >= 0.3 is 0 Å². The van der Waals surface area contributed by atoms with Gasteiger partial charge in [-0.25, -0.2) is 0 Å². The molecule has 1 atom stereocenters. The van der Waals surface area contributed by atoms with Crippen molar-refractivity contribution in [1.82, 2.24) is 0 Å². The predicted octanol–water partition coefficient (Wildman–Crippen LogP) is 2.01. The van der Waals surface area contributed by atoms with E-state index in [0.29, 0.717) is 6.42 Å². The average Bonchev–Trinajstić information content (AvgIpc) is 1.93. The van der Waals surface area contributed by atoms with Crippen molar-refractivity contribution in [2.24, 2.45) is 0 Å². The topological polar surface area (TPSA) is 40.5 Å². The maximum Gasteiger partial charge on any atom is 0.115 e. The fraction of sp³-hybridized carbons (Fsp3) is 0.818. The summed E-state index contributed by atoms with van der Waals surface area (Å²) in [7, 11) is 0. The van der Waals surface area contributed by atoms with Crippen LogP contribution in [0.4, 0.5) is 0 Å². The maximum absolute atomic E-state index is 9.89. The average molecular weight is 184 g/mol. The molecule has 13 heavy (non-hydrogen) atoms. The lowest BCUT2D eigenvalue weighted by atomic mass is 9.70. The van der Waals surface area contributed by atoms with Crippen molar-refractivity contribution in [2.75, 3.05) is 0 Å². The quantitative estimate of drug-likeness (QED) is 0.656. The lowest BCUT2D eigenvalue weighted by molar-refractivity contribution is -0.111. The molecule has 0 spiro atoms. The summed E-state index contributed by atoms with van der Waals surface area (Å²) < 4.78 is 0. The molecular weight excluding hydrogens is 164 g/mol. The van der Waals surface area contributed by atoms with Crippen LogP contribution < -0.4 is 0 Å². The van der Waals surface area contributed by atoms with E-state index < -0.39 is 11.2 Å². The van der Waals surface area contributed by atoms with Crippen LogP contribution in [0.3, 0.4) is 0 Å². The lowest BCUT2D eigenvalue weighted by Gasteiger charge is -2.44. The van der Waals surface area contributed by atoms with Gasteiger partial charge in [-0.1, -0.05) is 25.0 Å². The highest BCUT2D eigenvalue weighted by molar-refractivity contribution is 5.30. The molecule has 0 amide bonds. The summed E-state index contributed by atoms with van der Waals surface area (Å²) in [6.07, 6.45) is 5.88. The van der Waals surface area contributed by atoms with Crippen molar-refractivity contribution in [1.29, 1.82) is 0 Å². The van der Waals surface area contributed by atoms with Crippen LogP contribution in [0.1, 0.15) is 46.5 Å². The largest absolute Gasteiger partial charge is 0.387 e. The molecule has 0 aromatic heterocycles. The van der Waals surface area contributed by atoms with Gasteiger partial charge in [-0.2, -0.15) is 0 Å². The van der Waals surface area contributed by atoms with Gasteiger partial charge < -0.3 is 10.2 Å². The highest BCUT2D eigenvalue weighted by atomic mass is 16.4. The fourth-order valence-electron chi connectivity index (χ4n) is 1.61. The Bertz CT molecular complexity index is 213. The van der Waals surface area contributed by atoms with Gasteiger partial charge in [0.05, 0.1) is 5.60 Å². The summed E-state index contributed by atoms with van der Waals surface area (Å²) in [5.41, 5.74) is -0.704. The predicted molar refractivity (Wildman–Crippen MR) is 53.5 cm³/mol. The molecule has 2 nitrogen and oxygen atoms in total. The van der Waals surface area contributed by atoms with Gasteiger partial charge in [-0.05, 0) is 26.7 Å². The Labute approximate surface area is 80.3 Å². The summed E-state index contributed by atoms with van der Waals surface area (Å²) >= 11 is 0. The minimum Gasteiger partial charge on any atom is -0.387 e. The molecule has 0 radical (unpaired) electrons. The van der Waals surface area contributed by atoms with E-state index in [4.69, 9.17) is 0 Å². The van der Waals surface area contributed by atoms with Crippen LogP contribution in [-0.4, -0.2) is 21.4 Å². The molecule has 0 fully saturated rings. The molecule has 2 heteroatoms. The second-order valence-electron chi connectivity index (χ2n) is 4.57. The molecule has 0 bridgehead atoms. The zero-order valence-corrected chi connectivity index (χ0v) is 8.80. The van der Waals surface area contributed by atoms with Crippen molar-refractivity contribution >= 4 is 0 Å². The van der Waals surface area contributed by atoms with Crippen LogP contribution in [0, 0.1) is 0 Å². The second-order valence-corrected chi connectivity index (χ2v) is 4.57. The van der Waals surface area contributed by atoms with E-state index in [1.54, 1.807) is 13.8 Å². The number of hydrogen-bond donors (Lipinski definition) is 2. The molecule has 0 heterocycles. The Hall–Kier alpha value is -0.340. The summed E-state index contributed by atoms with van der Waals surface area (Å²) in [5, 5.41) is 19.5. The lowest BCUT2D eigenvalue weighted by Crippen LogP contribution is -2.53. The molecular formula is C11H20O2. The molecule has 76 valence electrons. The molecule has 0 saturated heterocycles. The van der Waals surface area contributed by atoms with E-state index in [2.05, 4.69) is 6.92 Å². The van der Waals surface area contributed by atoms with Gasteiger partial charge in [0.1, 0.15) is 5.60 Å². The molecule has 0 saturated carbocycles. The third-order valence-electron chi connectivity index (χ3n) is 2.85. The van der Waals surface area contributed by atoms with Crippen LogP contribution in [0.2, 0.25) is 0 Å². The first-order valence-electron chi connectivity index (χ1n) is 5.04. The maximum atomic E-state index is 9.89. The zero-order valence-electron chi connectivity index (χ0n) is 8.80. The van der Waals surface area contributed by atoms with Crippen LogP contribution in [0.5, 0.6) is 0 Å². The first-order chi connectivity index (χ1) is 5.89. The smallest absolute Gasteiger partial charge is 0.115 e. The van der Waals surface area contributed by atoms with Crippen molar-refractivity contribution in [3.63, 3.8) is 0 Å². The van der Waals surface area contributed by atoms with E-state index in [-0.39, 0.29) is 0 Å². The summed E-state index contributed by atoms with van der Waals surface area (Å²) in [6, 6.07) is 0. The second kappa shape index (κ2) is 3.43. The molecule has 1 aliphatic rings. The standard InChI is InChI=1S/C11H20O2/c1-4-5-6-9-7-11(13,8-9)10(2,3)12/h7,12-13H,4-6,8H2,1-3H3. The van der Waals surface area contributed by atoms with Crippen molar-refractivity contribution in [3.8, 4) is 0 Å². The van der Waals surface area contributed by atoms with E-state index >= 15 is 0 Å².